The lowest BCUT2D eigenvalue weighted by Crippen LogP contribution is -2.45. The van der Waals surface area contributed by atoms with Crippen LogP contribution in [0.5, 0.6) is 0 Å². The van der Waals surface area contributed by atoms with Crippen LogP contribution in [0.1, 0.15) is 49.4 Å². The van der Waals surface area contributed by atoms with Crippen molar-refractivity contribution in [1.82, 2.24) is 10.2 Å². The van der Waals surface area contributed by atoms with Crippen molar-refractivity contribution < 1.29 is 13.9 Å². The summed E-state index contributed by atoms with van der Waals surface area (Å²) in [4.78, 5) is 13.8. The summed E-state index contributed by atoms with van der Waals surface area (Å²) in [7, 11) is 1.36. The molecule has 1 unspecified atom stereocenters. The number of rotatable bonds is 6. The maximum absolute atomic E-state index is 11.4. The SMILES string of the molecule is COC(=O)c1ccc(CN(CC2CCCCN2)C(C)C)o1. The smallest absolute Gasteiger partial charge is 0.373 e. The van der Waals surface area contributed by atoms with Gasteiger partial charge in [0, 0.05) is 18.6 Å². The molecule has 2 heterocycles. The Hall–Kier alpha value is -1.33. The summed E-state index contributed by atoms with van der Waals surface area (Å²) in [6, 6.07) is 4.52. The summed E-state index contributed by atoms with van der Waals surface area (Å²) in [5.41, 5.74) is 0. The third kappa shape index (κ3) is 4.58. The van der Waals surface area contributed by atoms with E-state index in [1.165, 1.54) is 26.4 Å². The van der Waals surface area contributed by atoms with Crippen molar-refractivity contribution in [3.05, 3.63) is 23.7 Å². The fraction of sp³-hybridized carbons (Fsp3) is 0.688. The Balaban J connectivity index is 1.95. The van der Waals surface area contributed by atoms with Crippen LogP contribution in [-0.4, -0.2) is 43.2 Å². The maximum Gasteiger partial charge on any atom is 0.373 e. The average Bonchev–Trinajstić information content (AvgIpc) is 2.95. The second kappa shape index (κ2) is 7.61. The minimum atomic E-state index is -0.425. The Kier molecular flexibility index (Phi) is 5.82. The minimum absolute atomic E-state index is 0.270. The van der Waals surface area contributed by atoms with Crippen molar-refractivity contribution in [3.8, 4) is 0 Å². The lowest BCUT2D eigenvalue weighted by atomic mass is 10.0. The first kappa shape index (κ1) is 16.0. The van der Waals surface area contributed by atoms with Crippen LogP contribution >= 0.6 is 0 Å². The molecule has 0 aromatic carbocycles. The summed E-state index contributed by atoms with van der Waals surface area (Å²) in [6.07, 6.45) is 3.81. The zero-order valence-corrected chi connectivity index (χ0v) is 13.2. The van der Waals surface area contributed by atoms with E-state index in [4.69, 9.17) is 4.42 Å². The number of piperidine rings is 1. The Morgan fingerprint density at radius 1 is 1.48 bits per heavy atom. The molecule has 1 fully saturated rings. The molecule has 1 aliphatic rings. The number of nitrogens with one attached hydrogen (secondary N) is 1. The van der Waals surface area contributed by atoms with Crippen LogP contribution in [0.4, 0.5) is 0 Å². The van der Waals surface area contributed by atoms with Gasteiger partial charge in [-0.15, -0.1) is 0 Å². The molecule has 1 saturated heterocycles. The highest BCUT2D eigenvalue weighted by molar-refractivity contribution is 5.86. The summed E-state index contributed by atoms with van der Waals surface area (Å²) < 4.78 is 10.2. The number of carbonyl (C=O) groups excluding carboxylic acids is 1. The molecule has 5 nitrogen and oxygen atoms in total. The molecule has 1 aromatic heterocycles. The van der Waals surface area contributed by atoms with E-state index in [-0.39, 0.29) is 5.76 Å². The van der Waals surface area contributed by atoms with Crippen LogP contribution in [0.2, 0.25) is 0 Å². The van der Waals surface area contributed by atoms with E-state index in [0.29, 0.717) is 18.6 Å². The summed E-state index contributed by atoms with van der Waals surface area (Å²) in [5.74, 6) is 0.651. The Bertz CT molecular complexity index is 450. The van der Waals surface area contributed by atoms with Gasteiger partial charge in [-0.1, -0.05) is 6.42 Å². The number of ether oxygens (including phenoxy) is 1. The monoisotopic (exact) mass is 294 g/mol. The number of furan rings is 1. The Labute approximate surface area is 126 Å². The molecule has 1 aliphatic heterocycles. The molecule has 0 amide bonds. The normalized spacial score (nSPS) is 19.2. The Morgan fingerprint density at radius 3 is 2.90 bits per heavy atom. The molecule has 1 N–H and O–H groups in total. The molecule has 0 saturated carbocycles. The summed E-state index contributed by atoms with van der Waals surface area (Å²) >= 11 is 0. The highest BCUT2D eigenvalue weighted by atomic mass is 16.5. The van der Waals surface area contributed by atoms with Gasteiger partial charge in [-0.3, -0.25) is 4.90 Å². The van der Waals surface area contributed by atoms with Gasteiger partial charge in [-0.2, -0.15) is 0 Å². The van der Waals surface area contributed by atoms with E-state index in [2.05, 4.69) is 28.8 Å². The van der Waals surface area contributed by atoms with Crippen molar-refractivity contribution in [2.24, 2.45) is 0 Å². The summed E-state index contributed by atoms with van der Waals surface area (Å²) in [5, 5.41) is 3.58. The van der Waals surface area contributed by atoms with Crippen molar-refractivity contribution >= 4 is 5.97 Å². The number of carbonyl (C=O) groups is 1. The topological polar surface area (TPSA) is 54.7 Å². The average molecular weight is 294 g/mol. The van der Waals surface area contributed by atoms with Gasteiger partial charge in [0.2, 0.25) is 5.76 Å². The number of methoxy groups -OCH3 is 1. The zero-order chi connectivity index (χ0) is 15.2. The maximum atomic E-state index is 11.4. The highest BCUT2D eigenvalue weighted by Gasteiger charge is 2.20. The van der Waals surface area contributed by atoms with Gasteiger partial charge in [0.15, 0.2) is 0 Å². The fourth-order valence-electron chi connectivity index (χ4n) is 2.69. The first-order chi connectivity index (χ1) is 10.1. The third-order valence-corrected chi connectivity index (χ3v) is 4.00. The van der Waals surface area contributed by atoms with Crippen LogP contribution in [0.3, 0.4) is 0 Å². The fourth-order valence-corrected chi connectivity index (χ4v) is 2.69. The first-order valence-electron chi connectivity index (χ1n) is 7.74. The number of nitrogens with zero attached hydrogens (tertiary/aromatic N) is 1. The molecule has 0 bridgehead atoms. The number of esters is 1. The quantitative estimate of drug-likeness (QED) is 0.817. The number of hydrogen-bond acceptors (Lipinski definition) is 5. The highest BCUT2D eigenvalue weighted by Crippen LogP contribution is 2.16. The van der Waals surface area contributed by atoms with Gasteiger partial charge >= 0.3 is 5.97 Å². The first-order valence-corrected chi connectivity index (χ1v) is 7.74. The molecular weight excluding hydrogens is 268 g/mol. The van der Waals surface area contributed by atoms with E-state index in [0.717, 1.165) is 18.8 Å². The molecule has 1 aromatic rings. The Morgan fingerprint density at radius 2 is 2.29 bits per heavy atom. The lowest BCUT2D eigenvalue weighted by Gasteiger charge is -2.32. The van der Waals surface area contributed by atoms with E-state index < -0.39 is 5.97 Å². The minimum Gasteiger partial charge on any atom is -0.463 e. The molecule has 0 aliphatic carbocycles. The summed E-state index contributed by atoms with van der Waals surface area (Å²) in [6.45, 7) is 7.21. The van der Waals surface area contributed by atoms with Crippen LogP contribution in [0.15, 0.2) is 16.5 Å². The largest absolute Gasteiger partial charge is 0.463 e. The van der Waals surface area contributed by atoms with E-state index in [1.54, 1.807) is 6.07 Å². The van der Waals surface area contributed by atoms with Gasteiger partial charge in [-0.05, 0) is 45.4 Å². The van der Waals surface area contributed by atoms with Gasteiger partial charge in [-0.25, -0.2) is 4.79 Å². The molecule has 5 heteroatoms. The molecule has 0 radical (unpaired) electrons. The van der Waals surface area contributed by atoms with Gasteiger partial charge in [0.1, 0.15) is 5.76 Å². The van der Waals surface area contributed by atoms with E-state index >= 15 is 0 Å². The predicted molar refractivity (Wildman–Crippen MR) is 81.2 cm³/mol. The van der Waals surface area contributed by atoms with Crippen molar-refractivity contribution in [2.75, 3.05) is 20.2 Å². The molecule has 118 valence electrons. The second-order valence-electron chi connectivity index (χ2n) is 5.93. The van der Waals surface area contributed by atoms with Gasteiger partial charge < -0.3 is 14.5 Å². The van der Waals surface area contributed by atoms with E-state index in [1.807, 2.05) is 6.07 Å². The van der Waals surface area contributed by atoms with E-state index in [9.17, 15) is 4.79 Å². The lowest BCUT2D eigenvalue weighted by molar-refractivity contribution is 0.0560. The third-order valence-electron chi connectivity index (χ3n) is 4.00. The van der Waals surface area contributed by atoms with Crippen LogP contribution in [0, 0.1) is 0 Å². The molecule has 2 rings (SSSR count). The van der Waals surface area contributed by atoms with Crippen LogP contribution in [0.25, 0.3) is 0 Å². The van der Waals surface area contributed by atoms with Crippen molar-refractivity contribution in [1.29, 1.82) is 0 Å². The van der Waals surface area contributed by atoms with Gasteiger partial charge in [0.05, 0.1) is 13.7 Å². The van der Waals surface area contributed by atoms with Crippen LogP contribution in [-0.2, 0) is 11.3 Å². The molecule has 21 heavy (non-hydrogen) atoms. The molecule has 1 atom stereocenters. The van der Waals surface area contributed by atoms with Crippen molar-refractivity contribution in [3.63, 3.8) is 0 Å². The van der Waals surface area contributed by atoms with Gasteiger partial charge in [0.25, 0.3) is 0 Å². The van der Waals surface area contributed by atoms with Crippen LogP contribution < -0.4 is 5.32 Å². The second-order valence-corrected chi connectivity index (χ2v) is 5.93. The molecule has 0 spiro atoms. The standard InChI is InChI=1S/C16H26N2O3/c1-12(2)18(10-13-6-4-5-9-17-13)11-14-7-8-15(21-14)16(19)20-3/h7-8,12-13,17H,4-6,9-11H2,1-3H3. The molecular formula is C16H26N2O3. The number of hydrogen-bond donors (Lipinski definition) is 1. The van der Waals surface area contributed by atoms with Crippen molar-refractivity contribution in [2.45, 2.75) is 51.7 Å². The zero-order valence-electron chi connectivity index (χ0n) is 13.2. The predicted octanol–water partition coefficient (Wildman–Crippen LogP) is 2.42.